The number of anilines is 1. The molecule has 10 heteroatoms. The van der Waals surface area contributed by atoms with E-state index in [0.717, 1.165) is 5.56 Å². The first-order valence-electron chi connectivity index (χ1n) is 9.12. The van der Waals surface area contributed by atoms with E-state index in [1.54, 1.807) is 12.1 Å². The van der Waals surface area contributed by atoms with Crippen LogP contribution >= 0.6 is 0 Å². The lowest BCUT2D eigenvalue weighted by Crippen LogP contribution is -2.15. The van der Waals surface area contributed by atoms with Crippen molar-refractivity contribution < 1.29 is 27.2 Å². The summed E-state index contributed by atoms with van der Waals surface area (Å²) in [5.74, 6) is 0.536. The van der Waals surface area contributed by atoms with Gasteiger partial charge in [-0.05, 0) is 12.1 Å². The van der Waals surface area contributed by atoms with Gasteiger partial charge >= 0.3 is 0 Å². The Hall–Kier alpha value is -3.79. The molecule has 0 amide bonds. The Morgan fingerprint density at radius 2 is 1.52 bits per heavy atom. The van der Waals surface area contributed by atoms with Crippen LogP contribution < -0.4 is 18.9 Å². The number of pyridine rings is 1. The summed E-state index contributed by atoms with van der Waals surface area (Å²) in [7, 11) is 0.0618. The first-order valence-corrected chi connectivity index (χ1v) is 10.6. The number of benzene rings is 2. The molecule has 31 heavy (non-hydrogen) atoms. The largest absolute Gasteiger partial charge is 0.496 e. The van der Waals surface area contributed by atoms with E-state index in [2.05, 4.69) is 14.9 Å². The molecule has 0 spiro atoms. The third kappa shape index (κ3) is 3.73. The molecule has 0 aliphatic carbocycles. The minimum atomic E-state index is -4.15. The van der Waals surface area contributed by atoms with Crippen molar-refractivity contribution in [3.63, 3.8) is 0 Å². The van der Waals surface area contributed by atoms with Gasteiger partial charge in [-0.2, -0.15) is 0 Å². The van der Waals surface area contributed by atoms with Gasteiger partial charge in [0.1, 0.15) is 22.6 Å². The maximum absolute atomic E-state index is 13.2. The fourth-order valence-corrected chi connectivity index (χ4v) is 4.49. The Morgan fingerprint density at radius 1 is 0.871 bits per heavy atom. The van der Waals surface area contributed by atoms with Gasteiger partial charge < -0.3 is 18.7 Å². The van der Waals surface area contributed by atoms with Crippen LogP contribution in [0.5, 0.6) is 17.2 Å². The number of rotatable bonds is 7. The van der Waals surface area contributed by atoms with Crippen LogP contribution in [0.1, 0.15) is 0 Å². The van der Waals surface area contributed by atoms with Crippen LogP contribution in [0.2, 0.25) is 0 Å². The van der Waals surface area contributed by atoms with Crippen LogP contribution in [-0.4, -0.2) is 39.9 Å². The summed E-state index contributed by atoms with van der Waals surface area (Å²) >= 11 is 0. The monoisotopic (exact) mass is 441 g/mol. The molecule has 0 saturated heterocycles. The highest BCUT2D eigenvalue weighted by Crippen LogP contribution is 2.38. The van der Waals surface area contributed by atoms with Gasteiger partial charge in [0, 0.05) is 11.6 Å². The number of sulfonamides is 1. The van der Waals surface area contributed by atoms with E-state index in [9.17, 15) is 8.42 Å². The summed E-state index contributed by atoms with van der Waals surface area (Å²) < 4.78 is 50.0. The van der Waals surface area contributed by atoms with E-state index in [1.165, 1.54) is 33.5 Å². The fourth-order valence-electron chi connectivity index (χ4n) is 3.17. The summed E-state index contributed by atoms with van der Waals surface area (Å²) in [5.41, 5.74) is 1.57. The second-order valence-electron chi connectivity index (χ2n) is 6.38. The zero-order chi connectivity index (χ0) is 22.0. The lowest BCUT2D eigenvalue weighted by Gasteiger charge is -2.14. The molecule has 0 saturated carbocycles. The van der Waals surface area contributed by atoms with E-state index in [1.807, 2.05) is 30.3 Å². The lowest BCUT2D eigenvalue weighted by molar-refractivity contribution is 0.373. The van der Waals surface area contributed by atoms with Crippen molar-refractivity contribution >= 4 is 26.9 Å². The molecule has 4 aromatic rings. The molecule has 0 unspecified atom stereocenters. The van der Waals surface area contributed by atoms with Gasteiger partial charge in [-0.1, -0.05) is 41.6 Å². The molecular formula is C21H19N3O6S. The number of methoxy groups -OCH3 is 3. The predicted octanol–water partition coefficient (Wildman–Crippen LogP) is 3.72. The average molecular weight is 441 g/mol. The Bertz CT molecular complexity index is 1310. The van der Waals surface area contributed by atoms with Crippen LogP contribution in [0.15, 0.2) is 64.0 Å². The van der Waals surface area contributed by atoms with Gasteiger partial charge in [-0.3, -0.25) is 4.72 Å². The standard InChI is InChI=1S/C21H19N3O6S/c1-27-15-10-7-11-16(28-2)19(15)31(25,26)24-20-18-17(29-3)12-14(22-21(18)30-23-20)13-8-5-4-6-9-13/h4-12H,1-3H3,(H,23,24). The molecular weight excluding hydrogens is 422 g/mol. The zero-order valence-electron chi connectivity index (χ0n) is 16.9. The molecule has 1 N–H and O–H groups in total. The summed E-state index contributed by atoms with van der Waals surface area (Å²) in [6, 6.07) is 15.8. The number of hydrogen-bond donors (Lipinski definition) is 1. The number of nitrogens with zero attached hydrogens (tertiary/aromatic N) is 2. The van der Waals surface area contributed by atoms with Gasteiger partial charge in [0.2, 0.25) is 0 Å². The molecule has 0 aliphatic rings. The molecule has 0 bridgehead atoms. The van der Waals surface area contributed by atoms with Crippen molar-refractivity contribution in [2.45, 2.75) is 4.90 Å². The zero-order valence-corrected chi connectivity index (χ0v) is 17.8. The first kappa shape index (κ1) is 20.5. The number of aromatic nitrogens is 2. The molecule has 9 nitrogen and oxygen atoms in total. The molecule has 2 aromatic carbocycles. The van der Waals surface area contributed by atoms with Crippen LogP contribution in [-0.2, 0) is 10.0 Å². The minimum Gasteiger partial charge on any atom is -0.496 e. The second-order valence-corrected chi connectivity index (χ2v) is 8.00. The Morgan fingerprint density at radius 3 is 2.13 bits per heavy atom. The smallest absolute Gasteiger partial charge is 0.270 e. The van der Waals surface area contributed by atoms with Crippen molar-refractivity contribution in [1.29, 1.82) is 0 Å². The number of ether oxygens (including phenoxy) is 3. The highest BCUT2D eigenvalue weighted by atomic mass is 32.2. The Kier molecular flexibility index (Phi) is 5.38. The average Bonchev–Trinajstić information content (AvgIpc) is 3.20. The topological polar surface area (TPSA) is 113 Å². The van der Waals surface area contributed by atoms with Crippen LogP contribution in [0.3, 0.4) is 0 Å². The van der Waals surface area contributed by atoms with Gasteiger partial charge in [0.15, 0.2) is 10.7 Å². The lowest BCUT2D eigenvalue weighted by atomic mass is 10.1. The third-order valence-electron chi connectivity index (χ3n) is 4.58. The molecule has 2 heterocycles. The van der Waals surface area contributed by atoms with E-state index < -0.39 is 10.0 Å². The summed E-state index contributed by atoms with van der Waals surface area (Å²) in [4.78, 5) is 4.29. The maximum Gasteiger partial charge on any atom is 0.270 e. The fraction of sp³-hybridized carbons (Fsp3) is 0.143. The number of fused-ring (bicyclic) bond motifs is 1. The third-order valence-corrected chi connectivity index (χ3v) is 5.98. The minimum absolute atomic E-state index is 0.0630. The van der Waals surface area contributed by atoms with E-state index in [0.29, 0.717) is 16.8 Å². The predicted molar refractivity (Wildman–Crippen MR) is 114 cm³/mol. The molecule has 4 rings (SSSR count). The van der Waals surface area contributed by atoms with Gasteiger partial charge in [0.25, 0.3) is 15.7 Å². The van der Waals surface area contributed by atoms with Crippen LogP contribution in [0, 0.1) is 0 Å². The van der Waals surface area contributed by atoms with Gasteiger partial charge in [-0.15, -0.1) is 0 Å². The quantitative estimate of drug-likeness (QED) is 0.462. The highest BCUT2D eigenvalue weighted by molar-refractivity contribution is 7.93. The summed E-state index contributed by atoms with van der Waals surface area (Å²) in [6.07, 6.45) is 0. The molecule has 0 aliphatic heterocycles. The van der Waals surface area contributed by atoms with Crippen molar-refractivity contribution in [3.8, 4) is 28.5 Å². The van der Waals surface area contributed by atoms with Crippen molar-refractivity contribution in [2.24, 2.45) is 0 Å². The molecule has 0 atom stereocenters. The van der Waals surface area contributed by atoms with E-state index in [4.69, 9.17) is 18.7 Å². The highest BCUT2D eigenvalue weighted by Gasteiger charge is 2.28. The second kappa shape index (κ2) is 8.15. The molecule has 0 fully saturated rings. The number of nitrogens with one attached hydrogen (secondary N) is 1. The first-order chi connectivity index (χ1) is 15.0. The summed E-state index contributed by atoms with van der Waals surface area (Å²) in [5, 5.41) is 4.16. The van der Waals surface area contributed by atoms with Crippen molar-refractivity contribution in [1.82, 2.24) is 10.1 Å². The number of hydrogen-bond acceptors (Lipinski definition) is 8. The van der Waals surface area contributed by atoms with Gasteiger partial charge in [0.05, 0.1) is 27.0 Å². The molecule has 2 aromatic heterocycles. The SMILES string of the molecule is COc1cccc(OC)c1S(=O)(=O)Nc1noc2nc(-c3ccccc3)cc(OC)c12. The van der Waals surface area contributed by atoms with E-state index >= 15 is 0 Å². The van der Waals surface area contributed by atoms with Crippen molar-refractivity contribution in [2.75, 3.05) is 26.1 Å². The summed E-state index contributed by atoms with van der Waals surface area (Å²) in [6.45, 7) is 0. The van der Waals surface area contributed by atoms with Crippen LogP contribution in [0.4, 0.5) is 5.82 Å². The molecule has 160 valence electrons. The Balaban J connectivity index is 1.82. The van der Waals surface area contributed by atoms with Crippen LogP contribution in [0.25, 0.3) is 22.4 Å². The van der Waals surface area contributed by atoms with Gasteiger partial charge in [-0.25, -0.2) is 13.4 Å². The van der Waals surface area contributed by atoms with Crippen molar-refractivity contribution in [3.05, 3.63) is 54.6 Å². The molecule has 0 radical (unpaired) electrons. The Labute approximate surface area is 178 Å². The normalized spacial score (nSPS) is 11.3. The van der Waals surface area contributed by atoms with E-state index in [-0.39, 0.29) is 27.9 Å². The maximum atomic E-state index is 13.2.